The second-order valence-corrected chi connectivity index (χ2v) is 6.33. The molecule has 7 heteroatoms. The first-order valence-corrected chi connectivity index (χ1v) is 7.41. The van der Waals surface area contributed by atoms with Gasteiger partial charge in [0.2, 0.25) is 10.0 Å². The largest absolute Gasteiger partial charge is 0.312 e. The molecule has 0 heterocycles. The van der Waals surface area contributed by atoms with Crippen molar-refractivity contribution >= 4 is 33.2 Å². The highest BCUT2D eigenvalue weighted by Gasteiger charge is 2.06. The zero-order valence-electron chi connectivity index (χ0n) is 9.33. The third-order valence-corrected chi connectivity index (χ3v) is 4.14. The van der Waals surface area contributed by atoms with Gasteiger partial charge in [0.05, 0.1) is 5.75 Å². The number of nitrogens with one attached hydrogen (secondary N) is 2. The fourth-order valence-corrected chi connectivity index (χ4v) is 2.29. The van der Waals surface area contributed by atoms with Gasteiger partial charge in [-0.2, -0.15) is 0 Å². The Morgan fingerprint density at radius 2 is 2.00 bits per heavy atom. The number of benzene rings is 1. The van der Waals surface area contributed by atoms with E-state index in [4.69, 9.17) is 23.2 Å². The Morgan fingerprint density at radius 3 is 2.59 bits per heavy atom. The quantitative estimate of drug-likeness (QED) is 0.785. The van der Waals surface area contributed by atoms with Crippen molar-refractivity contribution < 1.29 is 8.42 Å². The summed E-state index contributed by atoms with van der Waals surface area (Å²) in [5.41, 5.74) is 0.887. The third kappa shape index (κ3) is 5.23. The molecule has 17 heavy (non-hydrogen) atoms. The van der Waals surface area contributed by atoms with E-state index >= 15 is 0 Å². The maximum absolute atomic E-state index is 11.1. The number of sulfonamides is 1. The summed E-state index contributed by atoms with van der Waals surface area (Å²) in [6, 6.07) is 5.21. The molecule has 1 aromatic carbocycles. The van der Waals surface area contributed by atoms with Gasteiger partial charge in [0.25, 0.3) is 0 Å². The Labute approximate surface area is 111 Å². The third-order valence-electron chi connectivity index (χ3n) is 2.19. The van der Waals surface area contributed by atoms with E-state index in [0.717, 1.165) is 5.56 Å². The summed E-state index contributed by atoms with van der Waals surface area (Å²) in [5, 5.41) is 4.16. The monoisotopic (exact) mass is 296 g/mol. The Kier molecular flexibility index (Phi) is 5.69. The van der Waals surface area contributed by atoms with Gasteiger partial charge >= 0.3 is 0 Å². The molecule has 0 radical (unpaired) electrons. The first kappa shape index (κ1) is 14.7. The number of halogens is 2. The average Bonchev–Trinajstić information content (AvgIpc) is 2.27. The van der Waals surface area contributed by atoms with Gasteiger partial charge in [-0.15, -0.1) is 0 Å². The zero-order chi connectivity index (χ0) is 12.9. The molecule has 0 aliphatic carbocycles. The molecule has 4 nitrogen and oxygen atoms in total. The molecule has 0 fully saturated rings. The van der Waals surface area contributed by atoms with Crippen LogP contribution in [0.4, 0.5) is 0 Å². The van der Waals surface area contributed by atoms with Crippen molar-refractivity contribution in [2.75, 3.05) is 19.3 Å². The van der Waals surface area contributed by atoms with Crippen LogP contribution < -0.4 is 10.0 Å². The van der Waals surface area contributed by atoms with Gasteiger partial charge in [-0.25, -0.2) is 13.1 Å². The van der Waals surface area contributed by atoms with E-state index in [1.165, 1.54) is 7.05 Å². The van der Waals surface area contributed by atoms with E-state index in [2.05, 4.69) is 10.0 Å². The van der Waals surface area contributed by atoms with Crippen molar-refractivity contribution in [2.24, 2.45) is 0 Å². The van der Waals surface area contributed by atoms with Crippen LogP contribution in [0.2, 0.25) is 10.0 Å². The van der Waals surface area contributed by atoms with Crippen molar-refractivity contribution in [3.8, 4) is 0 Å². The topological polar surface area (TPSA) is 58.2 Å². The maximum atomic E-state index is 11.1. The predicted octanol–water partition coefficient (Wildman–Crippen LogP) is 1.63. The molecule has 0 bridgehead atoms. The van der Waals surface area contributed by atoms with Gasteiger partial charge in [0.15, 0.2) is 0 Å². The van der Waals surface area contributed by atoms with Gasteiger partial charge < -0.3 is 5.32 Å². The first-order chi connectivity index (χ1) is 7.94. The summed E-state index contributed by atoms with van der Waals surface area (Å²) >= 11 is 11.7. The molecule has 1 aromatic rings. The lowest BCUT2D eigenvalue weighted by Gasteiger charge is -2.07. The van der Waals surface area contributed by atoms with Crippen LogP contribution in [0.15, 0.2) is 18.2 Å². The fraction of sp³-hybridized carbons (Fsp3) is 0.400. The van der Waals surface area contributed by atoms with Crippen molar-refractivity contribution in [2.45, 2.75) is 6.54 Å². The zero-order valence-corrected chi connectivity index (χ0v) is 11.7. The lowest BCUT2D eigenvalue weighted by Crippen LogP contribution is -2.29. The molecule has 0 aliphatic heterocycles. The van der Waals surface area contributed by atoms with E-state index < -0.39 is 10.0 Å². The molecule has 0 aliphatic rings. The Bertz CT molecular complexity index is 477. The summed E-state index contributed by atoms with van der Waals surface area (Å²) in [6.07, 6.45) is 0. The molecule has 0 aromatic heterocycles. The average molecular weight is 297 g/mol. The molecular formula is C10H14Cl2N2O2S. The summed E-state index contributed by atoms with van der Waals surface area (Å²) < 4.78 is 24.5. The normalized spacial score (nSPS) is 11.7. The molecule has 96 valence electrons. The van der Waals surface area contributed by atoms with Gasteiger partial charge in [0, 0.05) is 23.1 Å². The van der Waals surface area contributed by atoms with Crippen LogP contribution in [-0.2, 0) is 16.6 Å². The standard InChI is InChI=1S/C10H14Cl2N2O2S/c1-13-17(15,16)5-4-14-7-8-2-3-9(11)6-10(8)12/h2-3,6,13-14H,4-5,7H2,1H3. The van der Waals surface area contributed by atoms with Gasteiger partial charge in [-0.3, -0.25) is 0 Å². The molecule has 0 saturated carbocycles. The highest BCUT2D eigenvalue weighted by molar-refractivity contribution is 7.89. The summed E-state index contributed by atoms with van der Waals surface area (Å²) in [5.74, 6) is 0.0364. The Morgan fingerprint density at radius 1 is 1.29 bits per heavy atom. The second-order valence-electron chi connectivity index (χ2n) is 3.44. The molecule has 1 rings (SSSR count). The minimum Gasteiger partial charge on any atom is -0.312 e. The SMILES string of the molecule is CNS(=O)(=O)CCNCc1ccc(Cl)cc1Cl. The summed E-state index contributed by atoms with van der Waals surface area (Å²) in [7, 11) is -1.76. The van der Waals surface area contributed by atoms with Crippen molar-refractivity contribution in [3.05, 3.63) is 33.8 Å². The molecule has 0 saturated heterocycles. The van der Waals surface area contributed by atoms with Crippen LogP contribution in [0.3, 0.4) is 0 Å². The number of rotatable bonds is 6. The molecule has 2 N–H and O–H groups in total. The van der Waals surface area contributed by atoms with Crippen molar-refractivity contribution in [1.29, 1.82) is 0 Å². The lowest BCUT2D eigenvalue weighted by molar-refractivity contribution is 0.583. The van der Waals surface area contributed by atoms with Gasteiger partial charge in [-0.1, -0.05) is 29.3 Å². The minimum absolute atomic E-state index is 0.0364. The van der Waals surface area contributed by atoms with Crippen LogP contribution in [0.1, 0.15) is 5.56 Å². The molecular weight excluding hydrogens is 283 g/mol. The summed E-state index contributed by atoms with van der Waals surface area (Å²) in [4.78, 5) is 0. The number of hydrogen-bond donors (Lipinski definition) is 2. The van der Waals surface area contributed by atoms with Crippen LogP contribution >= 0.6 is 23.2 Å². The van der Waals surface area contributed by atoms with E-state index in [1.54, 1.807) is 12.1 Å². The molecule has 0 spiro atoms. The van der Waals surface area contributed by atoms with E-state index in [1.807, 2.05) is 6.07 Å². The van der Waals surface area contributed by atoms with Gasteiger partial charge in [-0.05, 0) is 24.7 Å². The molecule has 0 atom stereocenters. The van der Waals surface area contributed by atoms with E-state index in [0.29, 0.717) is 23.1 Å². The minimum atomic E-state index is -3.16. The second kappa shape index (κ2) is 6.56. The first-order valence-electron chi connectivity index (χ1n) is 5.00. The fourth-order valence-electron chi connectivity index (χ4n) is 1.20. The highest BCUT2D eigenvalue weighted by Crippen LogP contribution is 2.20. The highest BCUT2D eigenvalue weighted by atomic mass is 35.5. The Balaban J connectivity index is 2.41. The lowest BCUT2D eigenvalue weighted by atomic mass is 10.2. The van der Waals surface area contributed by atoms with Crippen molar-refractivity contribution in [3.63, 3.8) is 0 Å². The van der Waals surface area contributed by atoms with Crippen LogP contribution in [0, 0.1) is 0 Å². The van der Waals surface area contributed by atoms with E-state index in [9.17, 15) is 8.42 Å². The summed E-state index contributed by atoms with van der Waals surface area (Å²) in [6.45, 7) is 0.872. The predicted molar refractivity (Wildman–Crippen MR) is 71.0 cm³/mol. The smallest absolute Gasteiger partial charge is 0.212 e. The maximum Gasteiger partial charge on any atom is 0.212 e. The van der Waals surface area contributed by atoms with E-state index in [-0.39, 0.29) is 5.75 Å². The van der Waals surface area contributed by atoms with Crippen LogP contribution in [0.25, 0.3) is 0 Å². The molecule has 0 unspecified atom stereocenters. The van der Waals surface area contributed by atoms with Crippen molar-refractivity contribution in [1.82, 2.24) is 10.0 Å². The Hall–Kier alpha value is -0.330. The van der Waals surface area contributed by atoms with Gasteiger partial charge in [0.1, 0.15) is 0 Å². The van der Waals surface area contributed by atoms with Crippen LogP contribution in [-0.4, -0.2) is 27.8 Å². The molecule has 0 amide bonds. The number of hydrogen-bond acceptors (Lipinski definition) is 3. The van der Waals surface area contributed by atoms with Crippen LogP contribution in [0.5, 0.6) is 0 Å².